The molecular formula is C17H18ClNOS. The lowest BCUT2D eigenvalue weighted by Gasteiger charge is -2.16. The zero-order valence-electron chi connectivity index (χ0n) is 12.0. The minimum Gasteiger partial charge on any atom is -0.345 e. The number of carbonyl (C=O) groups is 1. The number of amides is 1. The zero-order valence-corrected chi connectivity index (χ0v) is 13.6. The van der Waals surface area contributed by atoms with Crippen LogP contribution in [0.15, 0.2) is 29.6 Å². The van der Waals surface area contributed by atoms with Gasteiger partial charge in [-0.1, -0.05) is 23.7 Å². The maximum absolute atomic E-state index is 12.5. The lowest BCUT2D eigenvalue weighted by molar-refractivity contribution is 0.0939. The third-order valence-corrected chi connectivity index (χ3v) is 5.36. The van der Waals surface area contributed by atoms with E-state index in [1.807, 2.05) is 36.6 Å². The second-order valence-electron chi connectivity index (χ2n) is 5.50. The molecule has 0 spiro atoms. The van der Waals surface area contributed by atoms with Crippen molar-refractivity contribution in [2.45, 2.75) is 38.6 Å². The maximum Gasteiger partial charge on any atom is 0.252 e. The van der Waals surface area contributed by atoms with E-state index >= 15 is 0 Å². The second-order valence-corrected chi connectivity index (χ2v) is 6.91. The van der Waals surface area contributed by atoms with Gasteiger partial charge in [0.1, 0.15) is 0 Å². The van der Waals surface area contributed by atoms with Crippen LogP contribution in [0, 0.1) is 0 Å². The van der Waals surface area contributed by atoms with Crippen molar-refractivity contribution in [3.8, 4) is 0 Å². The first kappa shape index (κ1) is 14.6. The van der Waals surface area contributed by atoms with Crippen LogP contribution >= 0.6 is 22.9 Å². The molecule has 1 aliphatic carbocycles. The lowest BCUT2D eigenvalue weighted by Crippen LogP contribution is -2.27. The molecule has 4 heteroatoms. The summed E-state index contributed by atoms with van der Waals surface area (Å²) in [6.45, 7) is 2.00. The topological polar surface area (TPSA) is 29.1 Å². The van der Waals surface area contributed by atoms with Gasteiger partial charge < -0.3 is 5.32 Å². The van der Waals surface area contributed by atoms with Gasteiger partial charge in [-0.25, -0.2) is 0 Å². The van der Waals surface area contributed by atoms with Crippen LogP contribution in [0.2, 0.25) is 5.02 Å². The van der Waals surface area contributed by atoms with Crippen LogP contribution in [0.5, 0.6) is 0 Å². The van der Waals surface area contributed by atoms with E-state index in [-0.39, 0.29) is 11.9 Å². The first-order chi connectivity index (χ1) is 10.1. The average Bonchev–Trinajstić information content (AvgIpc) is 2.92. The van der Waals surface area contributed by atoms with Crippen molar-refractivity contribution in [1.29, 1.82) is 0 Å². The van der Waals surface area contributed by atoms with Gasteiger partial charge in [-0.15, -0.1) is 11.3 Å². The molecule has 0 saturated heterocycles. The van der Waals surface area contributed by atoms with Gasteiger partial charge >= 0.3 is 0 Å². The highest BCUT2D eigenvalue weighted by molar-refractivity contribution is 7.10. The van der Waals surface area contributed by atoms with Gasteiger partial charge in [-0.2, -0.15) is 0 Å². The average molecular weight is 320 g/mol. The van der Waals surface area contributed by atoms with Crippen LogP contribution < -0.4 is 5.32 Å². The molecule has 1 heterocycles. The minimum atomic E-state index is -0.0195. The third kappa shape index (κ3) is 3.14. The van der Waals surface area contributed by atoms with E-state index in [1.165, 1.54) is 23.3 Å². The molecule has 1 amide bonds. The van der Waals surface area contributed by atoms with Gasteiger partial charge in [0.15, 0.2) is 0 Å². The quantitative estimate of drug-likeness (QED) is 0.867. The van der Waals surface area contributed by atoms with E-state index in [0.29, 0.717) is 5.02 Å². The van der Waals surface area contributed by atoms with Crippen molar-refractivity contribution in [1.82, 2.24) is 5.32 Å². The van der Waals surface area contributed by atoms with E-state index < -0.39 is 0 Å². The summed E-state index contributed by atoms with van der Waals surface area (Å²) in [4.78, 5) is 13.9. The highest BCUT2D eigenvalue weighted by Gasteiger charge is 2.21. The van der Waals surface area contributed by atoms with Crippen LogP contribution in [-0.2, 0) is 12.8 Å². The molecule has 2 aromatic rings. The monoisotopic (exact) mass is 319 g/mol. The van der Waals surface area contributed by atoms with Gasteiger partial charge in [-0.05, 0) is 55.9 Å². The molecule has 0 radical (unpaired) electrons. The molecule has 110 valence electrons. The third-order valence-electron chi connectivity index (χ3n) is 4.02. The highest BCUT2D eigenvalue weighted by atomic mass is 35.5. The molecule has 2 nitrogen and oxygen atoms in total. The molecule has 1 atom stereocenters. The number of aryl methyl sites for hydroxylation is 1. The lowest BCUT2D eigenvalue weighted by atomic mass is 9.95. The van der Waals surface area contributed by atoms with Crippen LogP contribution in [0.1, 0.15) is 52.2 Å². The van der Waals surface area contributed by atoms with Crippen molar-refractivity contribution < 1.29 is 4.79 Å². The highest BCUT2D eigenvalue weighted by Crippen LogP contribution is 2.30. The smallest absolute Gasteiger partial charge is 0.252 e. The molecule has 0 fully saturated rings. The molecule has 1 unspecified atom stereocenters. The Labute approximate surface area is 134 Å². The fourth-order valence-corrected chi connectivity index (χ4v) is 4.05. The Kier molecular flexibility index (Phi) is 4.32. The molecule has 21 heavy (non-hydrogen) atoms. The van der Waals surface area contributed by atoms with Gasteiger partial charge in [0.2, 0.25) is 0 Å². The summed E-state index contributed by atoms with van der Waals surface area (Å²) in [7, 11) is 0. The first-order valence-electron chi connectivity index (χ1n) is 7.30. The fraction of sp³-hybridized carbons (Fsp3) is 0.353. The summed E-state index contributed by atoms with van der Waals surface area (Å²) in [6.07, 6.45) is 4.60. The molecule has 1 N–H and O–H groups in total. The number of fused-ring (bicyclic) bond motifs is 1. The second kappa shape index (κ2) is 6.20. The van der Waals surface area contributed by atoms with Gasteiger partial charge in [0.25, 0.3) is 5.91 Å². The van der Waals surface area contributed by atoms with Crippen molar-refractivity contribution >= 4 is 28.8 Å². The number of nitrogens with one attached hydrogen (secondary N) is 1. The summed E-state index contributed by atoms with van der Waals surface area (Å²) < 4.78 is 0. The SMILES string of the molecule is CC(NC(=O)c1csc2c1CCCC2)c1ccc(Cl)cc1. The number of thiophene rings is 1. The standard InChI is InChI=1S/C17H18ClNOS/c1-11(12-6-8-13(18)9-7-12)19-17(20)15-10-21-16-5-3-2-4-14(15)16/h6-11H,2-5H2,1H3,(H,19,20). The van der Waals surface area contributed by atoms with E-state index in [0.717, 1.165) is 24.0 Å². The normalized spacial score (nSPS) is 15.3. The summed E-state index contributed by atoms with van der Waals surface area (Å²) in [5.41, 5.74) is 3.21. The van der Waals surface area contributed by atoms with Crippen molar-refractivity contribution in [3.05, 3.63) is 56.2 Å². The zero-order chi connectivity index (χ0) is 14.8. The predicted molar refractivity (Wildman–Crippen MR) is 88.3 cm³/mol. The van der Waals surface area contributed by atoms with Crippen LogP contribution in [0.25, 0.3) is 0 Å². The van der Waals surface area contributed by atoms with Gasteiger partial charge in [-0.3, -0.25) is 4.79 Å². The Morgan fingerprint density at radius 1 is 1.24 bits per heavy atom. The molecule has 0 aliphatic heterocycles. The molecule has 3 rings (SSSR count). The number of halogens is 1. The van der Waals surface area contributed by atoms with Gasteiger partial charge in [0, 0.05) is 15.3 Å². The molecule has 1 aromatic heterocycles. The van der Waals surface area contributed by atoms with E-state index in [1.54, 1.807) is 11.3 Å². The number of hydrogen-bond donors (Lipinski definition) is 1. The van der Waals surface area contributed by atoms with Crippen molar-refractivity contribution in [2.75, 3.05) is 0 Å². The Bertz CT molecular complexity index is 647. The fourth-order valence-electron chi connectivity index (χ4n) is 2.79. The van der Waals surface area contributed by atoms with E-state index in [9.17, 15) is 4.79 Å². The molecule has 1 aliphatic rings. The summed E-state index contributed by atoms with van der Waals surface area (Å²) in [5.74, 6) is 0.0387. The Balaban J connectivity index is 1.74. The van der Waals surface area contributed by atoms with E-state index in [2.05, 4.69) is 5.32 Å². The Morgan fingerprint density at radius 2 is 1.95 bits per heavy atom. The number of rotatable bonds is 3. The van der Waals surface area contributed by atoms with Crippen LogP contribution in [0.3, 0.4) is 0 Å². The van der Waals surface area contributed by atoms with Crippen molar-refractivity contribution in [2.24, 2.45) is 0 Å². The van der Waals surface area contributed by atoms with Crippen LogP contribution in [0.4, 0.5) is 0 Å². The van der Waals surface area contributed by atoms with Gasteiger partial charge in [0.05, 0.1) is 11.6 Å². The molecule has 1 aromatic carbocycles. The number of hydrogen-bond acceptors (Lipinski definition) is 2. The molecule has 0 bridgehead atoms. The maximum atomic E-state index is 12.5. The van der Waals surface area contributed by atoms with E-state index in [4.69, 9.17) is 11.6 Å². The number of carbonyl (C=O) groups excluding carboxylic acids is 1. The van der Waals surface area contributed by atoms with Crippen LogP contribution in [-0.4, -0.2) is 5.91 Å². The number of benzene rings is 1. The summed E-state index contributed by atoms with van der Waals surface area (Å²) in [5, 5.41) is 5.82. The molecular weight excluding hydrogens is 302 g/mol. The molecule has 0 saturated carbocycles. The predicted octanol–water partition coefficient (Wildman–Crippen LogP) is 4.77. The van der Waals surface area contributed by atoms with Crippen molar-refractivity contribution in [3.63, 3.8) is 0 Å². The Hall–Kier alpha value is -1.32. The largest absolute Gasteiger partial charge is 0.345 e. The first-order valence-corrected chi connectivity index (χ1v) is 8.56. The Morgan fingerprint density at radius 3 is 2.71 bits per heavy atom. The summed E-state index contributed by atoms with van der Waals surface area (Å²) >= 11 is 7.62. The summed E-state index contributed by atoms with van der Waals surface area (Å²) in [6, 6.07) is 7.60. The minimum absolute atomic E-state index is 0.0195.